The van der Waals surface area contributed by atoms with Gasteiger partial charge in [0.25, 0.3) is 0 Å². The third-order valence-electron chi connectivity index (χ3n) is 5.96. The maximum atomic E-state index is 6.27. The molecule has 1 unspecified atom stereocenters. The fourth-order valence-electron chi connectivity index (χ4n) is 4.74. The number of hydrogen-bond acceptors (Lipinski definition) is 4. The highest BCUT2D eigenvalue weighted by Gasteiger charge is 2.43. The second-order valence-electron chi connectivity index (χ2n) is 7.59. The molecule has 0 N–H and O–H groups in total. The highest BCUT2D eigenvalue weighted by Crippen LogP contribution is 2.45. The van der Waals surface area contributed by atoms with Crippen LogP contribution in [0.3, 0.4) is 0 Å². The molecule has 0 radical (unpaired) electrons. The Morgan fingerprint density at radius 1 is 1.15 bits per heavy atom. The van der Waals surface area contributed by atoms with E-state index in [9.17, 15) is 0 Å². The second kappa shape index (κ2) is 5.92. The Labute approximate surface area is 158 Å². The molecule has 1 aliphatic carbocycles. The quantitative estimate of drug-likeness (QED) is 0.638. The number of rotatable bonds is 1. The van der Waals surface area contributed by atoms with Gasteiger partial charge in [-0.3, -0.25) is 4.98 Å². The summed E-state index contributed by atoms with van der Waals surface area (Å²) in [5.41, 5.74) is 4.99. The number of benzene rings is 1. The molecule has 4 nitrogen and oxygen atoms in total. The van der Waals surface area contributed by atoms with E-state index in [1.807, 2.05) is 37.5 Å². The Balaban J connectivity index is 1.58. The average molecular weight is 365 g/mol. The number of anilines is 1. The van der Waals surface area contributed by atoms with E-state index in [4.69, 9.17) is 16.6 Å². The molecule has 5 heteroatoms. The van der Waals surface area contributed by atoms with Crippen molar-refractivity contribution in [1.29, 1.82) is 0 Å². The van der Waals surface area contributed by atoms with Gasteiger partial charge in [-0.15, -0.1) is 0 Å². The molecule has 1 saturated heterocycles. The number of hydrogen-bond donors (Lipinski definition) is 0. The van der Waals surface area contributed by atoms with Crippen molar-refractivity contribution in [2.24, 2.45) is 0 Å². The maximum Gasteiger partial charge on any atom is 0.125 e. The molecule has 0 bridgehead atoms. The summed E-state index contributed by atoms with van der Waals surface area (Å²) in [6, 6.07) is 8.07. The van der Waals surface area contributed by atoms with Gasteiger partial charge in [0.2, 0.25) is 0 Å². The van der Waals surface area contributed by atoms with Crippen LogP contribution in [0.5, 0.6) is 0 Å². The molecule has 1 aliphatic heterocycles. The van der Waals surface area contributed by atoms with Crippen LogP contribution in [0.25, 0.3) is 10.9 Å². The predicted octanol–water partition coefficient (Wildman–Crippen LogP) is 4.47. The summed E-state index contributed by atoms with van der Waals surface area (Å²) in [4.78, 5) is 16.3. The molecule has 1 atom stereocenters. The molecule has 132 valence electrons. The summed E-state index contributed by atoms with van der Waals surface area (Å²) in [6.45, 7) is 4.06. The largest absolute Gasteiger partial charge is 0.370 e. The lowest BCUT2D eigenvalue weighted by Crippen LogP contribution is -2.45. The van der Waals surface area contributed by atoms with Gasteiger partial charge in [-0.05, 0) is 62.4 Å². The highest BCUT2D eigenvalue weighted by molar-refractivity contribution is 6.31. The molecule has 26 heavy (non-hydrogen) atoms. The van der Waals surface area contributed by atoms with Crippen LogP contribution in [-0.2, 0) is 11.8 Å². The minimum Gasteiger partial charge on any atom is -0.370 e. The molecule has 1 spiro atoms. The summed E-state index contributed by atoms with van der Waals surface area (Å²) in [5, 5.41) is 1.89. The van der Waals surface area contributed by atoms with Crippen LogP contribution in [0, 0.1) is 6.92 Å². The number of piperidine rings is 1. The third-order valence-corrected chi connectivity index (χ3v) is 6.19. The van der Waals surface area contributed by atoms with Crippen molar-refractivity contribution in [2.75, 3.05) is 18.0 Å². The smallest absolute Gasteiger partial charge is 0.125 e. The number of nitrogens with zero attached hydrogens (tertiary/aromatic N) is 4. The van der Waals surface area contributed by atoms with Crippen molar-refractivity contribution in [3.63, 3.8) is 0 Å². The second-order valence-corrected chi connectivity index (χ2v) is 8.02. The van der Waals surface area contributed by atoms with Gasteiger partial charge in [0.15, 0.2) is 0 Å². The normalized spacial score (nSPS) is 22.2. The zero-order chi connectivity index (χ0) is 17.7. The van der Waals surface area contributed by atoms with Gasteiger partial charge in [-0.1, -0.05) is 11.6 Å². The van der Waals surface area contributed by atoms with E-state index < -0.39 is 0 Å². The van der Waals surface area contributed by atoms with Crippen molar-refractivity contribution in [1.82, 2.24) is 15.0 Å². The van der Waals surface area contributed by atoms with Crippen LogP contribution in [0.15, 0.2) is 36.7 Å². The molecule has 1 aromatic carbocycles. The zero-order valence-corrected chi connectivity index (χ0v) is 15.6. The molecular weight excluding hydrogens is 344 g/mol. The number of pyridine rings is 1. The maximum absolute atomic E-state index is 6.27. The molecule has 0 saturated carbocycles. The lowest BCUT2D eigenvalue weighted by Gasteiger charge is -2.42. The van der Waals surface area contributed by atoms with Gasteiger partial charge < -0.3 is 4.90 Å². The number of fused-ring (bicyclic) bond motifs is 3. The summed E-state index contributed by atoms with van der Waals surface area (Å²) in [7, 11) is 0. The zero-order valence-electron chi connectivity index (χ0n) is 14.9. The first-order chi connectivity index (χ1) is 12.6. The van der Waals surface area contributed by atoms with E-state index in [0.29, 0.717) is 0 Å². The van der Waals surface area contributed by atoms with Crippen molar-refractivity contribution >= 4 is 28.2 Å². The Bertz CT molecular complexity index is 998. The number of halogens is 1. The third kappa shape index (κ3) is 2.47. The first kappa shape index (κ1) is 16.0. The molecule has 5 rings (SSSR count). The summed E-state index contributed by atoms with van der Waals surface area (Å²) >= 11 is 6.27. The van der Waals surface area contributed by atoms with Gasteiger partial charge in [0.05, 0.1) is 11.2 Å². The van der Waals surface area contributed by atoms with E-state index in [-0.39, 0.29) is 5.41 Å². The van der Waals surface area contributed by atoms with Gasteiger partial charge in [-0.25, -0.2) is 9.97 Å². The average Bonchev–Trinajstić information content (AvgIpc) is 2.98. The number of aryl methyl sites for hydroxylation is 2. The lowest BCUT2D eigenvalue weighted by molar-refractivity contribution is 0.334. The Hall–Kier alpha value is -2.20. The Kier molecular flexibility index (Phi) is 3.64. The monoisotopic (exact) mass is 364 g/mol. The van der Waals surface area contributed by atoms with Gasteiger partial charge >= 0.3 is 0 Å². The molecular formula is C21H21ClN4. The molecule has 1 fully saturated rings. The van der Waals surface area contributed by atoms with Crippen LogP contribution in [0.4, 0.5) is 5.69 Å². The first-order valence-electron chi connectivity index (χ1n) is 9.27. The standard InChI is InChI=1S/C21H21ClN4/c1-14-24-12-15-5-8-21(20(15)25-14)7-2-10-26(13-21)19-6-9-23-18-4-3-16(22)11-17(18)19/h3-4,6,9,11-12H,2,5,7-8,10,13H2,1H3. The number of aromatic nitrogens is 3. The summed E-state index contributed by atoms with van der Waals surface area (Å²) in [5.74, 6) is 0.878. The Morgan fingerprint density at radius 2 is 2.08 bits per heavy atom. The predicted molar refractivity (Wildman–Crippen MR) is 105 cm³/mol. The van der Waals surface area contributed by atoms with Crippen molar-refractivity contribution < 1.29 is 0 Å². The molecule has 0 amide bonds. The molecule has 2 aromatic heterocycles. The van der Waals surface area contributed by atoms with Gasteiger partial charge in [0, 0.05) is 47.0 Å². The fraction of sp³-hybridized carbons (Fsp3) is 0.381. The van der Waals surface area contributed by atoms with E-state index >= 15 is 0 Å². The minimum atomic E-state index is 0.148. The molecule has 3 aromatic rings. The van der Waals surface area contributed by atoms with E-state index in [1.54, 1.807) is 0 Å². The lowest BCUT2D eigenvalue weighted by atomic mass is 9.77. The first-order valence-corrected chi connectivity index (χ1v) is 9.65. The van der Waals surface area contributed by atoms with E-state index in [2.05, 4.69) is 20.9 Å². The van der Waals surface area contributed by atoms with Crippen LogP contribution >= 0.6 is 11.6 Å². The Morgan fingerprint density at radius 3 is 3.00 bits per heavy atom. The van der Waals surface area contributed by atoms with E-state index in [1.165, 1.54) is 36.2 Å². The minimum absolute atomic E-state index is 0.148. The van der Waals surface area contributed by atoms with Crippen molar-refractivity contribution in [3.8, 4) is 0 Å². The summed E-state index contributed by atoms with van der Waals surface area (Å²) < 4.78 is 0. The van der Waals surface area contributed by atoms with Crippen LogP contribution in [-0.4, -0.2) is 28.0 Å². The fourth-order valence-corrected chi connectivity index (χ4v) is 4.92. The van der Waals surface area contributed by atoms with Crippen LogP contribution in [0.1, 0.15) is 36.3 Å². The van der Waals surface area contributed by atoms with E-state index in [0.717, 1.165) is 41.3 Å². The van der Waals surface area contributed by atoms with Gasteiger partial charge in [0.1, 0.15) is 5.82 Å². The topological polar surface area (TPSA) is 41.9 Å². The van der Waals surface area contributed by atoms with Crippen LogP contribution < -0.4 is 4.90 Å². The molecule has 3 heterocycles. The van der Waals surface area contributed by atoms with Gasteiger partial charge in [-0.2, -0.15) is 0 Å². The van der Waals surface area contributed by atoms with Crippen molar-refractivity contribution in [2.45, 2.75) is 38.0 Å². The molecule has 2 aliphatic rings. The van der Waals surface area contributed by atoms with Crippen LogP contribution in [0.2, 0.25) is 5.02 Å². The van der Waals surface area contributed by atoms with Crippen molar-refractivity contribution in [3.05, 3.63) is 58.8 Å². The SMILES string of the molecule is Cc1ncc2c(n1)C1(CCCN(c3ccnc4ccc(Cl)cc34)C1)CC2. The highest BCUT2D eigenvalue weighted by atomic mass is 35.5. The summed E-state index contributed by atoms with van der Waals surface area (Å²) in [6.07, 6.45) is 8.57.